The number of ether oxygens (including phenoxy) is 2. The molecule has 0 bridgehead atoms. The van der Waals surface area contributed by atoms with E-state index in [1.54, 1.807) is 14.2 Å². The van der Waals surface area contributed by atoms with Crippen molar-refractivity contribution in [3.05, 3.63) is 51.2 Å². The molecule has 0 fully saturated rings. The fourth-order valence-electron chi connectivity index (χ4n) is 5.08. The summed E-state index contributed by atoms with van der Waals surface area (Å²) >= 11 is 2.70. The van der Waals surface area contributed by atoms with Crippen LogP contribution in [0.5, 0.6) is 11.5 Å². The average Bonchev–Trinajstić information content (AvgIpc) is 3.61. The second-order valence-corrected chi connectivity index (χ2v) is 13.2. The fourth-order valence-corrected chi connectivity index (χ4v) is 7.20. The molecule has 0 saturated heterocycles. The van der Waals surface area contributed by atoms with Gasteiger partial charge in [0.15, 0.2) is 11.6 Å². The van der Waals surface area contributed by atoms with Crippen molar-refractivity contribution in [3.8, 4) is 11.5 Å². The summed E-state index contributed by atoms with van der Waals surface area (Å²) in [6, 6.07) is 9.49. The van der Waals surface area contributed by atoms with Gasteiger partial charge in [0.2, 0.25) is 0 Å². The smallest absolute Gasteiger partial charge is 0.306 e. The first kappa shape index (κ1) is 32.9. The molecule has 44 heavy (non-hydrogen) atoms. The van der Waals surface area contributed by atoms with Crippen LogP contribution in [0.3, 0.4) is 0 Å². The lowest BCUT2D eigenvalue weighted by molar-refractivity contribution is -0.141. The van der Waals surface area contributed by atoms with Gasteiger partial charge in [-0.1, -0.05) is 13.8 Å². The molecule has 0 aliphatic carbocycles. The Labute approximate surface area is 263 Å². The number of unbranched alkanes of at least 4 members (excludes halogenated alkanes) is 1. The fraction of sp³-hybridized carbons (Fsp3) is 0.394. The molecule has 9 nitrogen and oxygen atoms in total. The van der Waals surface area contributed by atoms with E-state index < -0.39 is 23.8 Å². The molecule has 0 aliphatic rings. The van der Waals surface area contributed by atoms with Crippen molar-refractivity contribution in [2.24, 2.45) is 11.8 Å². The summed E-state index contributed by atoms with van der Waals surface area (Å²) in [5.74, 6) is -2.35. The number of carboxylic acid groups (broad SMARTS) is 2. The number of hydrogen-bond donors (Lipinski definition) is 3. The second kappa shape index (κ2) is 14.2. The Morgan fingerprint density at radius 1 is 0.795 bits per heavy atom. The summed E-state index contributed by atoms with van der Waals surface area (Å²) < 4.78 is 13.1. The van der Waals surface area contributed by atoms with E-state index in [4.69, 9.17) is 14.6 Å². The molecule has 3 N–H and O–H groups in total. The van der Waals surface area contributed by atoms with Crippen molar-refractivity contribution in [3.63, 3.8) is 0 Å². The van der Waals surface area contributed by atoms with Crippen LogP contribution in [0.2, 0.25) is 0 Å². The minimum Gasteiger partial charge on any atom is -0.496 e. The summed E-state index contributed by atoms with van der Waals surface area (Å²) in [4.78, 5) is 48.8. The molecule has 0 aliphatic heterocycles. The number of hydrogen-bond acceptors (Lipinski definition) is 9. The van der Waals surface area contributed by atoms with Crippen LogP contribution >= 0.6 is 22.7 Å². The monoisotopic (exact) mass is 639 g/mol. The van der Waals surface area contributed by atoms with E-state index in [2.05, 4.69) is 5.32 Å². The van der Waals surface area contributed by atoms with Crippen molar-refractivity contribution in [1.29, 1.82) is 0 Å². The van der Waals surface area contributed by atoms with Crippen LogP contribution in [0.4, 0.5) is 5.69 Å². The van der Waals surface area contributed by atoms with Crippen molar-refractivity contribution >= 4 is 72.0 Å². The van der Waals surface area contributed by atoms with E-state index in [1.807, 2.05) is 37.3 Å². The Hall–Kier alpha value is -3.96. The number of carbonyl (C=O) groups excluding carboxylic acids is 2. The highest BCUT2D eigenvalue weighted by atomic mass is 32.1. The molecular formula is C33H37NO8S2. The van der Waals surface area contributed by atoms with Gasteiger partial charge in [-0.2, -0.15) is 0 Å². The molecule has 11 heteroatoms. The summed E-state index contributed by atoms with van der Waals surface area (Å²) in [6.45, 7) is 5.79. The van der Waals surface area contributed by atoms with Crippen LogP contribution in [0.15, 0.2) is 30.3 Å². The van der Waals surface area contributed by atoms with Crippen molar-refractivity contribution in [1.82, 2.24) is 0 Å². The number of aliphatic carboxylic acids is 2. The van der Waals surface area contributed by atoms with E-state index in [9.17, 15) is 24.3 Å². The lowest BCUT2D eigenvalue weighted by Crippen LogP contribution is -2.13. The molecule has 2 unspecified atom stereocenters. The number of aryl methyl sites for hydroxylation is 1. The average molecular weight is 640 g/mol. The lowest BCUT2D eigenvalue weighted by atomic mass is 9.98. The molecule has 2 heterocycles. The van der Waals surface area contributed by atoms with Gasteiger partial charge in [-0.15, -0.1) is 22.7 Å². The quantitative estimate of drug-likeness (QED) is 0.0842. The second-order valence-electron chi connectivity index (χ2n) is 11.0. The van der Waals surface area contributed by atoms with E-state index >= 15 is 0 Å². The highest BCUT2D eigenvalue weighted by molar-refractivity contribution is 7.21. The number of methoxy groups -OCH3 is 2. The van der Waals surface area contributed by atoms with Crippen molar-refractivity contribution in [2.45, 2.75) is 52.9 Å². The zero-order chi connectivity index (χ0) is 32.1. The zero-order valence-electron chi connectivity index (χ0n) is 25.4. The molecule has 4 aromatic rings. The van der Waals surface area contributed by atoms with Gasteiger partial charge in [0, 0.05) is 34.9 Å². The van der Waals surface area contributed by atoms with E-state index in [0.29, 0.717) is 22.0 Å². The van der Waals surface area contributed by atoms with Crippen molar-refractivity contribution < 1.29 is 38.9 Å². The molecule has 234 valence electrons. The van der Waals surface area contributed by atoms with Gasteiger partial charge in [0.1, 0.15) is 11.5 Å². The third kappa shape index (κ3) is 7.39. The molecule has 2 aromatic carbocycles. The number of rotatable bonds is 16. The Balaban J connectivity index is 1.41. The number of benzene rings is 2. The minimum atomic E-state index is -0.987. The topological polar surface area (TPSA) is 139 Å². The first-order valence-electron chi connectivity index (χ1n) is 14.4. The number of thiophene rings is 2. The third-order valence-corrected chi connectivity index (χ3v) is 10.0. The number of nitrogens with one attached hydrogen (secondary N) is 1. The number of fused-ring (bicyclic) bond motifs is 2. The van der Waals surface area contributed by atoms with Gasteiger partial charge in [-0.3, -0.25) is 19.2 Å². The maximum atomic E-state index is 12.7. The third-order valence-electron chi connectivity index (χ3n) is 7.78. The number of ketones is 2. The van der Waals surface area contributed by atoms with Crippen LogP contribution < -0.4 is 14.8 Å². The number of carbonyl (C=O) groups is 4. The number of carboxylic acids is 2. The summed E-state index contributed by atoms with van der Waals surface area (Å²) in [5, 5.41) is 23.6. The van der Waals surface area contributed by atoms with Gasteiger partial charge < -0.3 is 25.0 Å². The predicted molar refractivity (Wildman–Crippen MR) is 174 cm³/mol. The van der Waals surface area contributed by atoms with E-state index in [-0.39, 0.29) is 24.4 Å². The Bertz CT molecular complexity index is 1720. The van der Waals surface area contributed by atoms with Crippen molar-refractivity contribution in [2.75, 3.05) is 26.1 Å². The summed E-state index contributed by atoms with van der Waals surface area (Å²) in [7, 11) is 3.24. The SMILES string of the molecule is COc1cc2sc(C(=O)CC(C)C(=O)O)cc2cc1NCCCCc1c(OC)cc2sc(C(=O)CC(C)C(=O)O)cc2c1C. The molecule has 0 spiro atoms. The van der Waals surface area contributed by atoms with Gasteiger partial charge in [-0.25, -0.2) is 0 Å². The maximum absolute atomic E-state index is 12.7. The van der Waals surface area contributed by atoms with Crippen LogP contribution in [0, 0.1) is 18.8 Å². The van der Waals surface area contributed by atoms with Crippen LogP contribution in [-0.4, -0.2) is 54.5 Å². The molecule has 0 saturated carbocycles. The zero-order valence-corrected chi connectivity index (χ0v) is 27.1. The minimum absolute atomic E-state index is 0.0340. The van der Waals surface area contributed by atoms with E-state index in [0.717, 1.165) is 62.0 Å². The first-order chi connectivity index (χ1) is 20.9. The lowest BCUT2D eigenvalue weighted by Gasteiger charge is -2.14. The number of Topliss-reactive ketones (excluding diaryl/α,β-unsaturated/α-hetero) is 2. The van der Waals surface area contributed by atoms with Crippen LogP contribution in [0.25, 0.3) is 20.2 Å². The van der Waals surface area contributed by atoms with Gasteiger partial charge in [0.25, 0.3) is 0 Å². The first-order valence-corrected chi connectivity index (χ1v) is 16.0. The number of anilines is 1. The summed E-state index contributed by atoms with van der Waals surface area (Å²) in [6.07, 6.45) is 2.45. The Morgan fingerprint density at radius 3 is 1.95 bits per heavy atom. The van der Waals surface area contributed by atoms with Gasteiger partial charge in [-0.05, 0) is 72.4 Å². The Kier molecular flexibility index (Phi) is 10.6. The molecule has 0 radical (unpaired) electrons. The van der Waals surface area contributed by atoms with Gasteiger partial charge in [0.05, 0.1) is 41.5 Å². The highest BCUT2D eigenvalue weighted by Gasteiger charge is 2.22. The predicted octanol–water partition coefficient (Wildman–Crippen LogP) is 7.46. The normalized spacial score (nSPS) is 12.7. The van der Waals surface area contributed by atoms with Crippen LogP contribution in [-0.2, 0) is 16.0 Å². The van der Waals surface area contributed by atoms with Crippen LogP contribution in [0.1, 0.15) is 70.0 Å². The maximum Gasteiger partial charge on any atom is 0.306 e. The Morgan fingerprint density at radius 2 is 1.36 bits per heavy atom. The molecule has 2 atom stereocenters. The largest absolute Gasteiger partial charge is 0.496 e. The molecule has 0 amide bonds. The standard InChI is InChI=1S/C33H37NO8S2/c1-17(32(37)38)10-24(35)30-13-20-12-23(27(42-5)16-28(20)43-30)34-9-7-6-8-21-19(3)22-14-31(25(36)11-18(2)33(39)40)44-29(22)15-26(21)41-4/h12-18,34H,6-11H2,1-5H3,(H,37,38)(H,39,40). The molecular weight excluding hydrogens is 602 g/mol. The molecule has 4 rings (SSSR count). The van der Waals surface area contributed by atoms with E-state index in [1.165, 1.54) is 36.5 Å². The summed E-state index contributed by atoms with van der Waals surface area (Å²) in [5.41, 5.74) is 2.96. The van der Waals surface area contributed by atoms with Gasteiger partial charge >= 0.3 is 11.9 Å². The molecule has 2 aromatic heterocycles. The highest BCUT2D eigenvalue weighted by Crippen LogP contribution is 2.38.